The molecule has 1 unspecified atom stereocenters. The van der Waals surface area contributed by atoms with Gasteiger partial charge < -0.3 is 10.2 Å². The molecular formula is C20H23ClN4O3. The number of nitro groups is 1. The number of carbonyl (C=O) groups excluding carboxylic acids is 1. The first-order valence-corrected chi connectivity index (χ1v) is 9.52. The number of carbonyl (C=O) groups is 1. The third-order valence-electron chi connectivity index (χ3n) is 4.95. The summed E-state index contributed by atoms with van der Waals surface area (Å²) in [5.74, 6) is -0.345. The summed E-state index contributed by atoms with van der Waals surface area (Å²) in [5.41, 5.74) is 1.10. The van der Waals surface area contributed by atoms with E-state index >= 15 is 0 Å². The molecule has 0 radical (unpaired) electrons. The van der Waals surface area contributed by atoms with Gasteiger partial charge in [0.05, 0.1) is 21.6 Å². The van der Waals surface area contributed by atoms with Gasteiger partial charge in [0.1, 0.15) is 0 Å². The van der Waals surface area contributed by atoms with Crippen molar-refractivity contribution < 1.29 is 9.72 Å². The van der Waals surface area contributed by atoms with Gasteiger partial charge in [0.15, 0.2) is 0 Å². The van der Waals surface area contributed by atoms with Crippen molar-refractivity contribution in [3.8, 4) is 0 Å². The van der Waals surface area contributed by atoms with Crippen LogP contribution in [0.1, 0.15) is 22.0 Å². The Morgan fingerprint density at radius 1 is 1.18 bits per heavy atom. The molecule has 3 rings (SSSR count). The van der Waals surface area contributed by atoms with E-state index in [1.807, 2.05) is 30.3 Å². The lowest BCUT2D eigenvalue weighted by atomic mass is 10.0. The number of nitrogens with one attached hydrogen (secondary N) is 1. The summed E-state index contributed by atoms with van der Waals surface area (Å²) < 4.78 is 0. The molecular weight excluding hydrogens is 380 g/mol. The van der Waals surface area contributed by atoms with Crippen LogP contribution in [0.15, 0.2) is 48.5 Å². The second-order valence-electron chi connectivity index (χ2n) is 6.96. The molecule has 0 aromatic heterocycles. The van der Waals surface area contributed by atoms with Gasteiger partial charge in [0, 0.05) is 44.9 Å². The van der Waals surface area contributed by atoms with Crippen molar-refractivity contribution in [2.24, 2.45) is 0 Å². The molecule has 2 aromatic rings. The SMILES string of the molecule is CN1CCN(CC(NC(=O)c2ccc([N+](=O)[O-])cc2Cl)c2ccccc2)CC1. The fraction of sp³-hybridized carbons (Fsp3) is 0.350. The Hall–Kier alpha value is -2.48. The zero-order chi connectivity index (χ0) is 20.1. The lowest BCUT2D eigenvalue weighted by Gasteiger charge is -2.35. The number of likely N-dealkylation sites (N-methyl/N-ethyl adjacent to an activating group) is 1. The van der Waals surface area contributed by atoms with Gasteiger partial charge in [-0.3, -0.25) is 19.8 Å². The summed E-state index contributed by atoms with van der Waals surface area (Å²) in [6, 6.07) is 13.5. The summed E-state index contributed by atoms with van der Waals surface area (Å²) in [6.07, 6.45) is 0. The number of nitrogens with zero attached hydrogens (tertiary/aromatic N) is 3. The Kier molecular flexibility index (Phi) is 6.61. The quantitative estimate of drug-likeness (QED) is 0.593. The number of rotatable bonds is 6. The molecule has 1 fully saturated rings. The van der Waals surface area contributed by atoms with Crippen LogP contribution in [-0.4, -0.2) is 60.4 Å². The van der Waals surface area contributed by atoms with Gasteiger partial charge in [0.25, 0.3) is 11.6 Å². The van der Waals surface area contributed by atoms with Gasteiger partial charge >= 0.3 is 0 Å². The van der Waals surface area contributed by atoms with Gasteiger partial charge in [-0.15, -0.1) is 0 Å². The normalized spacial score (nSPS) is 16.5. The number of non-ortho nitro benzene ring substituents is 1. The molecule has 1 aliphatic rings. The first kappa shape index (κ1) is 20.3. The highest BCUT2D eigenvalue weighted by Crippen LogP contribution is 2.24. The zero-order valence-electron chi connectivity index (χ0n) is 15.7. The second-order valence-corrected chi connectivity index (χ2v) is 7.37. The first-order valence-electron chi connectivity index (χ1n) is 9.14. The van der Waals surface area contributed by atoms with E-state index in [4.69, 9.17) is 11.6 Å². The molecule has 148 valence electrons. The Morgan fingerprint density at radius 3 is 2.46 bits per heavy atom. The van der Waals surface area contributed by atoms with E-state index < -0.39 is 4.92 Å². The van der Waals surface area contributed by atoms with Crippen LogP contribution in [0.2, 0.25) is 5.02 Å². The third kappa shape index (κ3) is 5.07. The largest absolute Gasteiger partial charge is 0.344 e. The number of halogens is 1. The molecule has 1 N–H and O–H groups in total. The van der Waals surface area contributed by atoms with Gasteiger partial charge in [-0.2, -0.15) is 0 Å². The Labute approximate surface area is 169 Å². The van der Waals surface area contributed by atoms with E-state index in [1.54, 1.807) is 0 Å². The standard InChI is InChI=1S/C20H23ClN4O3/c1-23-9-11-24(12-10-23)14-19(15-5-3-2-4-6-15)22-20(26)17-8-7-16(25(27)28)13-18(17)21/h2-8,13,19H,9-12,14H2,1H3,(H,22,26). The van der Waals surface area contributed by atoms with Crippen molar-refractivity contribution in [3.63, 3.8) is 0 Å². The number of benzene rings is 2. The number of hydrogen-bond acceptors (Lipinski definition) is 5. The summed E-state index contributed by atoms with van der Waals surface area (Å²) >= 11 is 6.12. The average molecular weight is 403 g/mol. The van der Waals surface area contributed by atoms with Crippen LogP contribution < -0.4 is 5.32 Å². The molecule has 1 aliphatic heterocycles. The highest BCUT2D eigenvalue weighted by molar-refractivity contribution is 6.34. The smallest absolute Gasteiger partial charge is 0.270 e. The van der Waals surface area contributed by atoms with E-state index in [-0.39, 0.29) is 28.2 Å². The van der Waals surface area contributed by atoms with Crippen LogP contribution in [0.5, 0.6) is 0 Å². The minimum absolute atomic E-state index is 0.0677. The molecule has 8 heteroatoms. The minimum Gasteiger partial charge on any atom is -0.344 e. The Morgan fingerprint density at radius 2 is 1.86 bits per heavy atom. The lowest BCUT2D eigenvalue weighted by molar-refractivity contribution is -0.384. The summed E-state index contributed by atoms with van der Waals surface area (Å²) in [7, 11) is 2.10. The highest BCUT2D eigenvalue weighted by atomic mass is 35.5. The fourth-order valence-electron chi connectivity index (χ4n) is 3.25. The molecule has 1 atom stereocenters. The summed E-state index contributed by atoms with van der Waals surface area (Å²) in [5, 5.41) is 14.0. The number of amides is 1. The fourth-order valence-corrected chi connectivity index (χ4v) is 3.51. The van der Waals surface area contributed by atoms with Gasteiger partial charge in [-0.25, -0.2) is 0 Å². The topological polar surface area (TPSA) is 78.7 Å². The van der Waals surface area contributed by atoms with E-state index in [2.05, 4.69) is 22.2 Å². The van der Waals surface area contributed by atoms with Crippen molar-refractivity contribution in [3.05, 3.63) is 74.8 Å². The van der Waals surface area contributed by atoms with Gasteiger partial charge in [-0.05, 0) is 18.7 Å². The molecule has 0 aliphatic carbocycles. The zero-order valence-corrected chi connectivity index (χ0v) is 16.4. The van der Waals surface area contributed by atoms with Crippen LogP contribution >= 0.6 is 11.6 Å². The summed E-state index contributed by atoms with van der Waals surface area (Å²) in [4.78, 5) is 27.8. The van der Waals surface area contributed by atoms with Crippen LogP contribution in [0, 0.1) is 10.1 Å². The van der Waals surface area contributed by atoms with Crippen LogP contribution in [0.25, 0.3) is 0 Å². The minimum atomic E-state index is -0.534. The maximum Gasteiger partial charge on any atom is 0.270 e. The Bertz CT molecular complexity index is 839. The van der Waals surface area contributed by atoms with Crippen molar-refractivity contribution >= 4 is 23.2 Å². The molecule has 1 heterocycles. The maximum absolute atomic E-state index is 12.8. The van der Waals surface area contributed by atoms with E-state index in [0.29, 0.717) is 6.54 Å². The van der Waals surface area contributed by atoms with E-state index in [0.717, 1.165) is 31.7 Å². The molecule has 0 spiro atoms. The molecule has 1 saturated heterocycles. The third-order valence-corrected chi connectivity index (χ3v) is 5.26. The maximum atomic E-state index is 12.8. The lowest BCUT2D eigenvalue weighted by Crippen LogP contribution is -2.47. The molecule has 0 saturated carbocycles. The summed E-state index contributed by atoms with van der Waals surface area (Å²) in [6.45, 7) is 4.55. The highest BCUT2D eigenvalue weighted by Gasteiger charge is 2.23. The van der Waals surface area contributed by atoms with Gasteiger partial charge in [-0.1, -0.05) is 41.9 Å². The first-order chi connectivity index (χ1) is 13.4. The molecule has 0 bridgehead atoms. The molecule has 2 aromatic carbocycles. The Balaban J connectivity index is 1.77. The predicted octanol–water partition coefficient (Wildman–Crippen LogP) is 2.97. The van der Waals surface area contributed by atoms with E-state index in [1.165, 1.54) is 18.2 Å². The molecule has 1 amide bonds. The monoisotopic (exact) mass is 402 g/mol. The van der Waals surface area contributed by atoms with Crippen LogP contribution in [-0.2, 0) is 0 Å². The van der Waals surface area contributed by atoms with Crippen molar-refractivity contribution in [1.29, 1.82) is 0 Å². The average Bonchev–Trinajstić information content (AvgIpc) is 2.69. The van der Waals surface area contributed by atoms with Crippen molar-refractivity contribution in [2.75, 3.05) is 39.8 Å². The molecule has 7 nitrogen and oxygen atoms in total. The second kappa shape index (κ2) is 9.14. The van der Waals surface area contributed by atoms with Crippen LogP contribution in [0.3, 0.4) is 0 Å². The van der Waals surface area contributed by atoms with Gasteiger partial charge in [0.2, 0.25) is 0 Å². The van der Waals surface area contributed by atoms with Crippen molar-refractivity contribution in [2.45, 2.75) is 6.04 Å². The number of nitro benzene ring substituents is 1. The number of hydrogen-bond donors (Lipinski definition) is 1. The predicted molar refractivity (Wildman–Crippen MR) is 109 cm³/mol. The number of piperazine rings is 1. The molecule has 28 heavy (non-hydrogen) atoms. The van der Waals surface area contributed by atoms with E-state index in [9.17, 15) is 14.9 Å². The van der Waals surface area contributed by atoms with Crippen LogP contribution in [0.4, 0.5) is 5.69 Å². The van der Waals surface area contributed by atoms with Crippen molar-refractivity contribution in [1.82, 2.24) is 15.1 Å².